The minimum absolute atomic E-state index is 0.0718. The maximum Gasteiger partial charge on any atom is 0.419 e. The highest BCUT2D eigenvalue weighted by Gasteiger charge is 2.54. The largest absolute Gasteiger partial charge is 0.419 e. The highest BCUT2D eigenvalue weighted by molar-refractivity contribution is 5.90. The standard InChI is InChI=1S/C25H24F3N5O2/c26-25(27,28)18-10-16(12-30-21(18)29)19-11-20-23(7-9-33(20)31-19)6-8-32(13-23)22(34)24(14-35-15-24)17-4-2-1-3-5-17/h1-5,10-12H,6-9,13-15H2,(H2,29,30)/t23-/m1/s1. The Hall–Kier alpha value is -3.40. The molecule has 1 atom stereocenters. The molecule has 2 aromatic heterocycles. The van der Waals surface area contributed by atoms with Gasteiger partial charge < -0.3 is 15.4 Å². The summed E-state index contributed by atoms with van der Waals surface area (Å²) in [6, 6.07) is 12.6. The third kappa shape index (κ3) is 3.34. The molecule has 35 heavy (non-hydrogen) atoms. The summed E-state index contributed by atoms with van der Waals surface area (Å²) in [4.78, 5) is 19.4. The van der Waals surface area contributed by atoms with Gasteiger partial charge in [0.15, 0.2) is 0 Å². The summed E-state index contributed by atoms with van der Waals surface area (Å²) in [5.74, 6) is -0.482. The minimum Gasteiger partial charge on any atom is -0.383 e. The smallest absolute Gasteiger partial charge is 0.383 e. The van der Waals surface area contributed by atoms with Crippen LogP contribution < -0.4 is 5.73 Å². The van der Waals surface area contributed by atoms with Crippen molar-refractivity contribution in [1.82, 2.24) is 19.7 Å². The lowest BCUT2D eigenvalue weighted by molar-refractivity contribution is -0.155. The van der Waals surface area contributed by atoms with Crippen LogP contribution in [0.2, 0.25) is 0 Å². The minimum atomic E-state index is -4.59. The molecule has 2 N–H and O–H groups in total. The van der Waals surface area contributed by atoms with Crippen LogP contribution >= 0.6 is 0 Å². The predicted molar refractivity (Wildman–Crippen MR) is 121 cm³/mol. The number of anilines is 1. The molecule has 3 aliphatic heterocycles. The lowest BCUT2D eigenvalue weighted by Crippen LogP contribution is -2.58. The first-order valence-electron chi connectivity index (χ1n) is 11.6. The number of amides is 1. The van der Waals surface area contributed by atoms with Crippen molar-refractivity contribution in [1.29, 1.82) is 0 Å². The Kier molecular flexibility index (Phi) is 4.76. The Labute approximate surface area is 199 Å². The Morgan fingerprint density at radius 1 is 1.09 bits per heavy atom. The van der Waals surface area contributed by atoms with E-state index in [9.17, 15) is 18.0 Å². The topological polar surface area (TPSA) is 86.3 Å². The fourth-order valence-electron chi connectivity index (χ4n) is 5.68. The maximum atomic E-state index is 13.7. The van der Waals surface area contributed by atoms with Gasteiger partial charge in [0.05, 0.1) is 24.5 Å². The number of carbonyl (C=O) groups excluding carboxylic acids is 1. The van der Waals surface area contributed by atoms with E-state index in [0.717, 1.165) is 30.2 Å². The maximum absolute atomic E-state index is 13.7. The number of alkyl halides is 3. The van der Waals surface area contributed by atoms with Gasteiger partial charge in [-0.05, 0) is 30.5 Å². The third-order valence-corrected chi connectivity index (χ3v) is 7.72. The summed E-state index contributed by atoms with van der Waals surface area (Å²) in [6.07, 6.45) is -1.66. The third-order valence-electron chi connectivity index (χ3n) is 7.72. The Bertz CT molecular complexity index is 1300. The highest BCUT2D eigenvalue weighted by Crippen LogP contribution is 2.46. The normalized spacial score (nSPS) is 22.9. The van der Waals surface area contributed by atoms with E-state index in [1.807, 2.05) is 46.0 Å². The van der Waals surface area contributed by atoms with Gasteiger partial charge >= 0.3 is 6.18 Å². The molecule has 2 fully saturated rings. The SMILES string of the molecule is Nc1ncc(-c2cc3n(n2)CC[C@@]32CCN(C(=O)C3(c4ccccc4)COC3)C2)cc1C(F)(F)F. The van der Waals surface area contributed by atoms with Gasteiger partial charge in [-0.15, -0.1) is 0 Å². The second kappa shape index (κ2) is 7.55. The summed E-state index contributed by atoms with van der Waals surface area (Å²) >= 11 is 0. The molecule has 1 aromatic carbocycles. The molecule has 0 aliphatic carbocycles. The number of nitrogen functional groups attached to an aromatic ring is 1. The van der Waals surface area contributed by atoms with Crippen molar-refractivity contribution in [2.45, 2.75) is 36.4 Å². The quantitative estimate of drug-likeness (QED) is 0.617. The van der Waals surface area contributed by atoms with Gasteiger partial charge in [-0.3, -0.25) is 9.48 Å². The van der Waals surface area contributed by atoms with E-state index in [2.05, 4.69) is 10.1 Å². The first kappa shape index (κ1) is 22.1. The number of hydrogen-bond donors (Lipinski definition) is 1. The average Bonchev–Trinajstić information content (AvgIpc) is 3.50. The van der Waals surface area contributed by atoms with Crippen molar-refractivity contribution in [2.75, 3.05) is 32.0 Å². The second-order valence-electron chi connectivity index (χ2n) is 9.74. The van der Waals surface area contributed by atoms with Crippen molar-refractivity contribution >= 4 is 11.7 Å². The number of halogens is 3. The highest BCUT2D eigenvalue weighted by atomic mass is 19.4. The molecule has 3 aliphatic rings. The Balaban J connectivity index is 1.28. The molecule has 182 valence electrons. The first-order chi connectivity index (χ1) is 16.7. The molecular formula is C25H24F3N5O2. The number of nitrogens with zero attached hydrogens (tertiary/aromatic N) is 4. The van der Waals surface area contributed by atoms with Crippen LogP contribution in [0.5, 0.6) is 0 Å². The zero-order valence-corrected chi connectivity index (χ0v) is 18.9. The van der Waals surface area contributed by atoms with Gasteiger partial charge in [0.25, 0.3) is 0 Å². The molecule has 5 heterocycles. The van der Waals surface area contributed by atoms with Crippen molar-refractivity contribution < 1.29 is 22.7 Å². The summed E-state index contributed by atoms with van der Waals surface area (Å²) in [6.45, 7) is 2.56. The van der Waals surface area contributed by atoms with E-state index in [0.29, 0.717) is 38.5 Å². The molecule has 0 unspecified atom stereocenters. The number of aromatic nitrogens is 3. The Morgan fingerprint density at radius 3 is 2.51 bits per heavy atom. The summed E-state index contributed by atoms with van der Waals surface area (Å²) < 4.78 is 47.3. The molecule has 0 saturated carbocycles. The first-order valence-corrected chi connectivity index (χ1v) is 11.6. The number of nitrogens with two attached hydrogens (primary N) is 1. The van der Waals surface area contributed by atoms with E-state index in [1.165, 1.54) is 6.20 Å². The lowest BCUT2D eigenvalue weighted by Gasteiger charge is -2.43. The van der Waals surface area contributed by atoms with Crippen LogP contribution in [0.15, 0.2) is 48.7 Å². The van der Waals surface area contributed by atoms with E-state index >= 15 is 0 Å². The number of carbonyl (C=O) groups is 1. The van der Waals surface area contributed by atoms with E-state index in [-0.39, 0.29) is 16.9 Å². The fourth-order valence-corrected chi connectivity index (χ4v) is 5.68. The molecule has 0 bridgehead atoms. The van der Waals surface area contributed by atoms with Gasteiger partial charge in [-0.25, -0.2) is 4.98 Å². The zero-order chi connectivity index (χ0) is 24.4. The van der Waals surface area contributed by atoms with Gasteiger partial charge in [-0.2, -0.15) is 18.3 Å². The van der Waals surface area contributed by atoms with Crippen molar-refractivity contribution in [3.8, 4) is 11.3 Å². The number of hydrogen-bond acceptors (Lipinski definition) is 5. The van der Waals surface area contributed by atoms with Gasteiger partial charge in [0, 0.05) is 42.5 Å². The van der Waals surface area contributed by atoms with Crippen LogP contribution in [0.4, 0.5) is 19.0 Å². The molecule has 1 spiro atoms. The second-order valence-corrected chi connectivity index (χ2v) is 9.74. The number of likely N-dealkylation sites (tertiary alicyclic amines) is 1. The monoisotopic (exact) mass is 483 g/mol. The van der Waals surface area contributed by atoms with Gasteiger partial charge in [0.2, 0.25) is 5.91 Å². The number of pyridine rings is 1. The number of ether oxygens (including phenoxy) is 1. The molecule has 2 saturated heterocycles. The van der Waals surface area contributed by atoms with Crippen LogP contribution in [0.1, 0.15) is 29.7 Å². The lowest BCUT2D eigenvalue weighted by atomic mass is 9.77. The Morgan fingerprint density at radius 2 is 1.83 bits per heavy atom. The van der Waals surface area contributed by atoms with E-state index < -0.39 is 23.0 Å². The zero-order valence-electron chi connectivity index (χ0n) is 18.9. The van der Waals surface area contributed by atoms with Crippen molar-refractivity contribution in [2.24, 2.45) is 0 Å². The van der Waals surface area contributed by atoms with Crippen LogP contribution in [-0.2, 0) is 33.1 Å². The molecule has 6 rings (SSSR count). The van der Waals surface area contributed by atoms with Gasteiger partial charge in [0.1, 0.15) is 11.2 Å². The van der Waals surface area contributed by atoms with Crippen LogP contribution in [0.3, 0.4) is 0 Å². The van der Waals surface area contributed by atoms with Crippen molar-refractivity contribution in [3.63, 3.8) is 0 Å². The molecule has 3 aromatic rings. The van der Waals surface area contributed by atoms with E-state index in [4.69, 9.17) is 10.5 Å². The fraction of sp³-hybridized carbons (Fsp3) is 0.400. The molecule has 1 amide bonds. The number of rotatable bonds is 3. The van der Waals surface area contributed by atoms with Crippen molar-refractivity contribution in [3.05, 3.63) is 65.5 Å². The number of benzene rings is 1. The van der Waals surface area contributed by atoms with Crippen LogP contribution in [-0.4, -0.2) is 51.9 Å². The van der Waals surface area contributed by atoms with E-state index in [1.54, 1.807) is 0 Å². The predicted octanol–water partition coefficient (Wildman–Crippen LogP) is 3.39. The average molecular weight is 483 g/mol. The number of aryl methyl sites for hydroxylation is 1. The molecule has 10 heteroatoms. The molecule has 7 nitrogen and oxygen atoms in total. The summed E-state index contributed by atoms with van der Waals surface area (Å²) in [7, 11) is 0. The summed E-state index contributed by atoms with van der Waals surface area (Å²) in [5.41, 5.74) is 6.18. The van der Waals surface area contributed by atoms with Crippen LogP contribution in [0, 0.1) is 0 Å². The molecular weight excluding hydrogens is 459 g/mol. The number of fused-ring (bicyclic) bond motifs is 2. The van der Waals surface area contributed by atoms with Crippen LogP contribution in [0.25, 0.3) is 11.3 Å². The molecule has 0 radical (unpaired) electrons. The summed E-state index contributed by atoms with van der Waals surface area (Å²) in [5, 5.41) is 4.57. The van der Waals surface area contributed by atoms with Gasteiger partial charge in [-0.1, -0.05) is 30.3 Å².